The summed E-state index contributed by atoms with van der Waals surface area (Å²) in [5.74, 6) is 0. The van der Waals surface area contributed by atoms with Crippen LogP contribution in [0, 0.1) is 0 Å². The van der Waals surface area contributed by atoms with Gasteiger partial charge in [0.2, 0.25) is 0 Å². The summed E-state index contributed by atoms with van der Waals surface area (Å²) < 4.78 is 2.25. The molecule has 0 aliphatic rings. The van der Waals surface area contributed by atoms with Gasteiger partial charge in [0, 0.05) is 12.1 Å². The van der Waals surface area contributed by atoms with Gasteiger partial charge in [-0.25, -0.2) is 4.98 Å². The van der Waals surface area contributed by atoms with Crippen LogP contribution >= 0.6 is 0 Å². The van der Waals surface area contributed by atoms with Gasteiger partial charge in [0.05, 0.1) is 17.4 Å². The number of nitrogens with one attached hydrogen (secondary N) is 1. The predicted octanol–water partition coefficient (Wildman–Crippen LogP) is 2.60. The maximum Gasteiger partial charge on any atom is 0.0960 e. The van der Waals surface area contributed by atoms with Gasteiger partial charge in [-0.2, -0.15) is 0 Å². The van der Waals surface area contributed by atoms with Crippen LogP contribution in [0.1, 0.15) is 26.3 Å². The van der Waals surface area contributed by atoms with Crippen LogP contribution in [0.4, 0.5) is 0 Å². The molecule has 0 aliphatic carbocycles. The first-order valence-corrected chi connectivity index (χ1v) is 5.81. The third-order valence-corrected chi connectivity index (χ3v) is 3.14. The SMILES string of the molecule is CNC(C)CC(C)n1cnc2ccccc21. The summed E-state index contributed by atoms with van der Waals surface area (Å²) in [5.41, 5.74) is 2.30. The summed E-state index contributed by atoms with van der Waals surface area (Å²) >= 11 is 0. The summed E-state index contributed by atoms with van der Waals surface area (Å²) in [4.78, 5) is 4.42. The maximum atomic E-state index is 4.42. The predicted molar refractivity (Wildman–Crippen MR) is 67.6 cm³/mol. The minimum absolute atomic E-state index is 0.467. The van der Waals surface area contributed by atoms with Crippen molar-refractivity contribution in [1.29, 1.82) is 0 Å². The lowest BCUT2D eigenvalue weighted by Gasteiger charge is -2.18. The number of para-hydroxylation sites is 2. The molecule has 2 unspecified atom stereocenters. The van der Waals surface area contributed by atoms with E-state index in [0.717, 1.165) is 11.9 Å². The van der Waals surface area contributed by atoms with E-state index in [2.05, 4.69) is 46.9 Å². The fraction of sp³-hybridized carbons (Fsp3) is 0.462. The molecular weight excluding hydrogens is 198 g/mol. The Bertz CT molecular complexity index is 461. The summed E-state index contributed by atoms with van der Waals surface area (Å²) in [5, 5.41) is 3.27. The molecule has 2 atom stereocenters. The molecule has 0 saturated heterocycles. The van der Waals surface area contributed by atoms with Crippen LogP contribution in [0.25, 0.3) is 11.0 Å². The van der Waals surface area contributed by atoms with Crippen molar-refractivity contribution in [3.05, 3.63) is 30.6 Å². The molecule has 16 heavy (non-hydrogen) atoms. The van der Waals surface area contributed by atoms with Crippen molar-refractivity contribution in [2.75, 3.05) is 7.05 Å². The molecule has 2 rings (SSSR count). The van der Waals surface area contributed by atoms with E-state index in [4.69, 9.17) is 0 Å². The van der Waals surface area contributed by atoms with E-state index in [1.54, 1.807) is 0 Å². The lowest BCUT2D eigenvalue weighted by atomic mass is 10.1. The highest BCUT2D eigenvalue weighted by Crippen LogP contribution is 2.20. The minimum Gasteiger partial charge on any atom is -0.328 e. The zero-order valence-corrected chi connectivity index (χ0v) is 10.1. The molecule has 3 nitrogen and oxygen atoms in total. The van der Waals surface area contributed by atoms with Gasteiger partial charge in [0.25, 0.3) is 0 Å². The second kappa shape index (κ2) is 4.66. The average Bonchev–Trinajstić information content (AvgIpc) is 2.72. The highest BCUT2D eigenvalue weighted by Gasteiger charge is 2.11. The molecule has 1 N–H and O–H groups in total. The molecular formula is C13H19N3. The van der Waals surface area contributed by atoms with E-state index in [0.29, 0.717) is 12.1 Å². The molecule has 0 fully saturated rings. The molecule has 0 aliphatic heterocycles. The van der Waals surface area contributed by atoms with Gasteiger partial charge in [-0.15, -0.1) is 0 Å². The van der Waals surface area contributed by atoms with Crippen LogP contribution in [0.2, 0.25) is 0 Å². The van der Waals surface area contributed by atoms with E-state index < -0.39 is 0 Å². The van der Waals surface area contributed by atoms with Crippen LogP contribution in [-0.4, -0.2) is 22.6 Å². The van der Waals surface area contributed by atoms with Crippen molar-refractivity contribution in [3.63, 3.8) is 0 Å². The number of fused-ring (bicyclic) bond motifs is 1. The Labute approximate surface area is 96.5 Å². The fourth-order valence-corrected chi connectivity index (χ4v) is 2.07. The fourth-order valence-electron chi connectivity index (χ4n) is 2.07. The smallest absolute Gasteiger partial charge is 0.0960 e. The molecule has 1 aromatic carbocycles. The first-order chi connectivity index (χ1) is 7.72. The third-order valence-electron chi connectivity index (χ3n) is 3.14. The van der Waals surface area contributed by atoms with Gasteiger partial charge in [0.15, 0.2) is 0 Å². The lowest BCUT2D eigenvalue weighted by Crippen LogP contribution is -2.24. The summed E-state index contributed by atoms with van der Waals surface area (Å²) in [6.07, 6.45) is 3.05. The standard InChI is InChI=1S/C13H19N3/c1-10(14-3)8-11(2)16-9-15-12-6-4-5-7-13(12)16/h4-7,9-11,14H,8H2,1-3H3. The van der Waals surface area contributed by atoms with Gasteiger partial charge >= 0.3 is 0 Å². The van der Waals surface area contributed by atoms with Crippen molar-refractivity contribution < 1.29 is 0 Å². The van der Waals surface area contributed by atoms with Gasteiger partial charge in [-0.1, -0.05) is 12.1 Å². The number of rotatable bonds is 4. The Morgan fingerprint density at radius 3 is 2.81 bits per heavy atom. The second-order valence-electron chi connectivity index (χ2n) is 4.42. The van der Waals surface area contributed by atoms with Crippen molar-refractivity contribution in [1.82, 2.24) is 14.9 Å². The van der Waals surface area contributed by atoms with Crippen molar-refractivity contribution in [2.45, 2.75) is 32.4 Å². The average molecular weight is 217 g/mol. The molecule has 0 radical (unpaired) electrons. The quantitative estimate of drug-likeness (QED) is 0.853. The Morgan fingerprint density at radius 1 is 1.31 bits per heavy atom. The zero-order chi connectivity index (χ0) is 11.5. The van der Waals surface area contributed by atoms with Crippen molar-refractivity contribution in [3.8, 4) is 0 Å². The summed E-state index contributed by atoms with van der Waals surface area (Å²) in [6.45, 7) is 4.44. The largest absolute Gasteiger partial charge is 0.328 e. The highest BCUT2D eigenvalue weighted by atomic mass is 15.1. The topological polar surface area (TPSA) is 29.9 Å². The Balaban J connectivity index is 2.26. The molecule has 0 amide bonds. The number of hydrogen-bond donors (Lipinski definition) is 1. The van der Waals surface area contributed by atoms with Crippen LogP contribution in [0.5, 0.6) is 0 Å². The van der Waals surface area contributed by atoms with E-state index in [9.17, 15) is 0 Å². The van der Waals surface area contributed by atoms with E-state index >= 15 is 0 Å². The Kier molecular flexibility index (Phi) is 3.25. The number of nitrogens with zero attached hydrogens (tertiary/aromatic N) is 2. The number of imidazole rings is 1. The molecule has 0 spiro atoms. The maximum absolute atomic E-state index is 4.42. The molecule has 2 aromatic rings. The van der Waals surface area contributed by atoms with E-state index in [1.807, 2.05) is 19.4 Å². The zero-order valence-electron chi connectivity index (χ0n) is 10.1. The third kappa shape index (κ3) is 2.09. The van der Waals surface area contributed by atoms with E-state index in [1.165, 1.54) is 5.52 Å². The first kappa shape index (κ1) is 11.1. The lowest BCUT2D eigenvalue weighted by molar-refractivity contribution is 0.438. The van der Waals surface area contributed by atoms with Crippen molar-refractivity contribution >= 4 is 11.0 Å². The molecule has 1 heterocycles. The first-order valence-electron chi connectivity index (χ1n) is 5.81. The summed E-state index contributed by atoms with van der Waals surface area (Å²) in [7, 11) is 2.00. The molecule has 0 saturated carbocycles. The Morgan fingerprint density at radius 2 is 2.06 bits per heavy atom. The number of aromatic nitrogens is 2. The van der Waals surface area contributed by atoms with Crippen LogP contribution in [0.15, 0.2) is 30.6 Å². The van der Waals surface area contributed by atoms with Gasteiger partial charge < -0.3 is 9.88 Å². The molecule has 1 aromatic heterocycles. The number of benzene rings is 1. The van der Waals surface area contributed by atoms with Gasteiger partial charge in [-0.3, -0.25) is 0 Å². The number of hydrogen-bond acceptors (Lipinski definition) is 2. The van der Waals surface area contributed by atoms with Crippen molar-refractivity contribution in [2.24, 2.45) is 0 Å². The minimum atomic E-state index is 0.467. The van der Waals surface area contributed by atoms with Gasteiger partial charge in [0.1, 0.15) is 0 Å². The van der Waals surface area contributed by atoms with Gasteiger partial charge in [-0.05, 0) is 39.4 Å². The summed E-state index contributed by atoms with van der Waals surface area (Å²) in [6, 6.07) is 9.27. The normalized spacial score (nSPS) is 15.2. The molecule has 3 heteroatoms. The Hall–Kier alpha value is -1.35. The van der Waals surface area contributed by atoms with Crippen LogP contribution in [0.3, 0.4) is 0 Å². The molecule has 86 valence electrons. The highest BCUT2D eigenvalue weighted by molar-refractivity contribution is 5.75. The second-order valence-corrected chi connectivity index (χ2v) is 4.42. The van der Waals surface area contributed by atoms with Crippen LogP contribution in [-0.2, 0) is 0 Å². The van der Waals surface area contributed by atoms with E-state index in [-0.39, 0.29) is 0 Å². The monoisotopic (exact) mass is 217 g/mol. The van der Waals surface area contributed by atoms with Crippen LogP contribution < -0.4 is 5.32 Å². The molecule has 0 bridgehead atoms.